The van der Waals surface area contributed by atoms with Gasteiger partial charge >= 0.3 is 0 Å². The van der Waals surface area contributed by atoms with E-state index in [-0.39, 0.29) is 12.3 Å². The zero-order chi connectivity index (χ0) is 29.4. The number of fused-ring (bicyclic) bond motifs is 1. The molecular weight excluding hydrogens is 536 g/mol. The number of amides is 1. The van der Waals surface area contributed by atoms with Gasteiger partial charge in [0, 0.05) is 41.8 Å². The fourth-order valence-corrected chi connectivity index (χ4v) is 5.42. The molecule has 0 spiro atoms. The fourth-order valence-electron chi connectivity index (χ4n) is 5.42. The summed E-state index contributed by atoms with van der Waals surface area (Å²) in [7, 11) is 1.66. The molecule has 3 aromatic heterocycles. The van der Waals surface area contributed by atoms with Gasteiger partial charge in [0.05, 0.1) is 26.1 Å². The Labute approximate surface area is 250 Å². The Kier molecular flexibility index (Phi) is 8.54. The fraction of sp³-hybridized carbons (Fsp3) is 0.200. The maximum atomic E-state index is 13.4. The maximum Gasteiger partial charge on any atom is 0.226 e. The lowest BCUT2D eigenvalue weighted by atomic mass is 10.0. The van der Waals surface area contributed by atoms with Crippen molar-refractivity contribution >= 4 is 16.8 Å². The number of benzene rings is 3. The third kappa shape index (κ3) is 6.81. The van der Waals surface area contributed by atoms with Crippen molar-refractivity contribution in [2.24, 2.45) is 0 Å². The number of rotatable bonds is 12. The molecule has 1 atom stereocenters. The largest absolute Gasteiger partial charge is 0.497 e. The molecule has 0 aliphatic heterocycles. The number of nitrogens with zero attached hydrogens (tertiary/aromatic N) is 4. The highest BCUT2D eigenvalue weighted by atomic mass is 16.5. The molecule has 0 aliphatic carbocycles. The highest BCUT2D eigenvalue weighted by Crippen LogP contribution is 2.26. The predicted molar refractivity (Wildman–Crippen MR) is 167 cm³/mol. The molecule has 8 nitrogen and oxygen atoms in total. The lowest BCUT2D eigenvalue weighted by Crippen LogP contribution is -2.33. The van der Waals surface area contributed by atoms with Gasteiger partial charge in [0.15, 0.2) is 5.82 Å². The number of para-hydroxylation sites is 1. The summed E-state index contributed by atoms with van der Waals surface area (Å²) < 4.78 is 7.54. The number of nitrogens with one attached hydrogen (secondary N) is 2. The average molecular weight is 571 g/mol. The summed E-state index contributed by atoms with van der Waals surface area (Å²) in [5.41, 5.74) is 5.20. The number of ether oxygens (including phenoxy) is 1. The first-order chi connectivity index (χ1) is 21.2. The summed E-state index contributed by atoms with van der Waals surface area (Å²) in [5.74, 6) is 2.28. The van der Waals surface area contributed by atoms with Crippen LogP contribution in [0.25, 0.3) is 10.9 Å². The monoisotopic (exact) mass is 570 g/mol. The van der Waals surface area contributed by atoms with E-state index >= 15 is 0 Å². The van der Waals surface area contributed by atoms with E-state index in [4.69, 9.17) is 9.84 Å². The van der Waals surface area contributed by atoms with E-state index in [0.29, 0.717) is 18.7 Å². The van der Waals surface area contributed by atoms with E-state index in [0.717, 1.165) is 52.3 Å². The smallest absolute Gasteiger partial charge is 0.226 e. The van der Waals surface area contributed by atoms with E-state index in [9.17, 15) is 4.79 Å². The van der Waals surface area contributed by atoms with E-state index in [1.54, 1.807) is 13.3 Å². The SMILES string of the molecule is COc1ccc(Cn2c(CCc3ccccc3)nnc2[C@@H](Cc2c[nH]c3ccccc23)NC(=O)Cc2ccccn2)cc1. The van der Waals surface area contributed by atoms with Gasteiger partial charge in [-0.15, -0.1) is 10.2 Å². The molecule has 3 heterocycles. The van der Waals surface area contributed by atoms with Gasteiger partial charge in [-0.1, -0.05) is 66.7 Å². The maximum absolute atomic E-state index is 13.4. The molecule has 2 N–H and O–H groups in total. The van der Waals surface area contributed by atoms with Crippen molar-refractivity contribution in [1.82, 2.24) is 30.0 Å². The van der Waals surface area contributed by atoms with E-state index in [2.05, 4.69) is 73.5 Å². The lowest BCUT2D eigenvalue weighted by molar-refractivity contribution is -0.121. The molecule has 8 heteroatoms. The molecule has 0 saturated carbocycles. The summed E-state index contributed by atoms with van der Waals surface area (Å²) in [4.78, 5) is 21.1. The number of hydrogen-bond acceptors (Lipinski definition) is 5. The van der Waals surface area contributed by atoms with Crippen LogP contribution >= 0.6 is 0 Å². The Balaban J connectivity index is 1.36. The number of hydrogen-bond donors (Lipinski definition) is 2. The third-order valence-electron chi connectivity index (χ3n) is 7.65. The van der Waals surface area contributed by atoms with Gasteiger partial charge in [0.1, 0.15) is 11.6 Å². The Hall–Kier alpha value is -5.24. The molecule has 216 valence electrons. The zero-order valence-corrected chi connectivity index (χ0v) is 24.1. The van der Waals surface area contributed by atoms with Crippen LogP contribution in [0.1, 0.15) is 40.1 Å². The van der Waals surface area contributed by atoms with Crippen LogP contribution in [0.3, 0.4) is 0 Å². The molecule has 43 heavy (non-hydrogen) atoms. The van der Waals surface area contributed by atoms with Crippen molar-refractivity contribution in [3.8, 4) is 5.75 Å². The third-order valence-corrected chi connectivity index (χ3v) is 7.65. The van der Waals surface area contributed by atoms with Crippen LogP contribution in [0.2, 0.25) is 0 Å². The molecule has 0 bridgehead atoms. The van der Waals surface area contributed by atoms with Crippen molar-refractivity contribution in [1.29, 1.82) is 0 Å². The lowest BCUT2D eigenvalue weighted by Gasteiger charge is -2.20. The Morgan fingerprint density at radius 1 is 0.884 bits per heavy atom. The minimum absolute atomic E-state index is 0.117. The van der Waals surface area contributed by atoms with Crippen molar-refractivity contribution in [2.75, 3.05) is 7.11 Å². The molecule has 0 saturated heterocycles. The summed E-state index contributed by atoms with van der Waals surface area (Å²) >= 11 is 0. The van der Waals surface area contributed by atoms with Gasteiger partial charge in [-0.05, 0) is 53.4 Å². The van der Waals surface area contributed by atoms with Crippen molar-refractivity contribution in [3.05, 3.63) is 143 Å². The van der Waals surface area contributed by atoms with Crippen molar-refractivity contribution in [2.45, 2.75) is 38.3 Å². The zero-order valence-electron chi connectivity index (χ0n) is 24.1. The standard InChI is InChI=1S/C35H34N6O2/c1-43-29-17-14-26(15-18-29)24-41-33(19-16-25-9-3-2-4-10-25)39-40-35(41)32(38-34(42)22-28-11-7-8-20-36-28)21-27-23-37-31-13-6-5-12-30(27)31/h2-15,17-18,20,23,32,37H,16,19,21-22,24H2,1H3,(H,38,42)/t32-/m1/s1. The Morgan fingerprint density at radius 2 is 1.67 bits per heavy atom. The second kappa shape index (κ2) is 13.2. The Morgan fingerprint density at radius 3 is 2.47 bits per heavy atom. The Bertz CT molecular complexity index is 1780. The van der Waals surface area contributed by atoms with Gasteiger partial charge in [-0.3, -0.25) is 9.78 Å². The summed E-state index contributed by atoms with van der Waals surface area (Å²) in [6, 6.07) is 31.8. The second-order valence-electron chi connectivity index (χ2n) is 10.6. The van der Waals surface area contributed by atoms with Gasteiger partial charge in [0.25, 0.3) is 0 Å². The van der Waals surface area contributed by atoms with Crippen LogP contribution in [-0.2, 0) is 37.0 Å². The quantitative estimate of drug-likeness (QED) is 0.199. The van der Waals surface area contributed by atoms with Crippen LogP contribution in [0.4, 0.5) is 0 Å². The summed E-state index contributed by atoms with van der Waals surface area (Å²) in [6.45, 7) is 0.566. The first-order valence-corrected chi connectivity index (χ1v) is 14.5. The van der Waals surface area contributed by atoms with Crippen LogP contribution < -0.4 is 10.1 Å². The van der Waals surface area contributed by atoms with Crippen LogP contribution in [-0.4, -0.2) is 37.7 Å². The van der Waals surface area contributed by atoms with E-state index in [1.165, 1.54) is 5.56 Å². The number of aryl methyl sites for hydroxylation is 2. The van der Waals surface area contributed by atoms with Gasteiger partial charge in [-0.2, -0.15) is 0 Å². The van der Waals surface area contributed by atoms with Gasteiger partial charge in [0.2, 0.25) is 5.91 Å². The van der Waals surface area contributed by atoms with Gasteiger partial charge < -0.3 is 19.6 Å². The highest BCUT2D eigenvalue weighted by Gasteiger charge is 2.25. The summed E-state index contributed by atoms with van der Waals surface area (Å²) in [5, 5.41) is 13.8. The topological polar surface area (TPSA) is 97.7 Å². The van der Waals surface area contributed by atoms with E-state index in [1.807, 2.05) is 54.7 Å². The molecule has 3 aromatic carbocycles. The number of H-pyrrole nitrogens is 1. The molecule has 0 unspecified atom stereocenters. The average Bonchev–Trinajstić information content (AvgIpc) is 3.64. The number of methoxy groups -OCH3 is 1. The minimum atomic E-state index is -0.411. The van der Waals surface area contributed by atoms with Crippen molar-refractivity contribution < 1.29 is 9.53 Å². The second-order valence-corrected chi connectivity index (χ2v) is 10.6. The summed E-state index contributed by atoms with van der Waals surface area (Å²) in [6.07, 6.45) is 6.01. The number of aromatic amines is 1. The normalized spacial score (nSPS) is 11.8. The van der Waals surface area contributed by atoms with Crippen molar-refractivity contribution in [3.63, 3.8) is 0 Å². The van der Waals surface area contributed by atoms with Crippen LogP contribution in [0, 0.1) is 0 Å². The molecule has 6 aromatic rings. The number of carbonyl (C=O) groups is 1. The van der Waals surface area contributed by atoms with Gasteiger partial charge in [-0.25, -0.2) is 0 Å². The minimum Gasteiger partial charge on any atom is -0.497 e. The molecule has 0 radical (unpaired) electrons. The number of aromatic nitrogens is 5. The van der Waals surface area contributed by atoms with E-state index < -0.39 is 6.04 Å². The predicted octanol–water partition coefficient (Wildman–Crippen LogP) is 5.64. The van der Waals surface area contributed by atoms with Crippen LogP contribution in [0.5, 0.6) is 5.75 Å². The number of carbonyl (C=O) groups excluding carboxylic acids is 1. The number of pyridine rings is 1. The first-order valence-electron chi connectivity index (χ1n) is 14.5. The highest BCUT2D eigenvalue weighted by molar-refractivity contribution is 5.83. The molecular formula is C35H34N6O2. The first kappa shape index (κ1) is 27.9. The molecule has 0 aliphatic rings. The molecule has 0 fully saturated rings. The molecule has 1 amide bonds. The van der Waals surface area contributed by atoms with Crippen LogP contribution in [0.15, 0.2) is 109 Å². The molecule has 6 rings (SSSR count).